The monoisotopic (exact) mass is 347 g/mol. The van der Waals surface area contributed by atoms with Crippen LogP contribution in [0.5, 0.6) is 0 Å². The number of carbonyl (C=O) groups excluding carboxylic acids is 2. The van der Waals surface area contributed by atoms with E-state index in [0.29, 0.717) is 11.5 Å². The number of ether oxygens (including phenoxy) is 1. The van der Waals surface area contributed by atoms with Gasteiger partial charge in [-0.05, 0) is 69.2 Å². The van der Waals surface area contributed by atoms with Gasteiger partial charge in [0.05, 0.1) is 18.1 Å². The van der Waals surface area contributed by atoms with Crippen molar-refractivity contribution in [1.29, 1.82) is 0 Å². The predicted octanol–water partition coefficient (Wildman–Crippen LogP) is 3.72. The highest BCUT2D eigenvalue weighted by Gasteiger charge is 2.29. The van der Waals surface area contributed by atoms with E-state index in [0.717, 1.165) is 32.4 Å². The van der Waals surface area contributed by atoms with Crippen LogP contribution in [0.3, 0.4) is 0 Å². The Balaban J connectivity index is 2.03. The predicted molar refractivity (Wildman–Crippen MR) is 96.3 cm³/mol. The van der Waals surface area contributed by atoms with Gasteiger partial charge in [0, 0.05) is 13.1 Å². The van der Waals surface area contributed by atoms with Crippen molar-refractivity contribution in [2.75, 3.05) is 20.2 Å². The second-order valence-corrected chi connectivity index (χ2v) is 7.59. The molecule has 0 radical (unpaired) electrons. The van der Waals surface area contributed by atoms with E-state index in [1.54, 1.807) is 5.06 Å². The van der Waals surface area contributed by atoms with Crippen LogP contribution in [0.25, 0.3) is 0 Å². The molecule has 0 amide bonds. The summed E-state index contributed by atoms with van der Waals surface area (Å²) in [5.41, 5.74) is 2.58. The van der Waals surface area contributed by atoms with Crippen LogP contribution in [0.1, 0.15) is 67.9 Å². The summed E-state index contributed by atoms with van der Waals surface area (Å²) in [5, 5.41) is 1.78. The fourth-order valence-corrected chi connectivity index (χ4v) is 3.07. The molecule has 1 aromatic carbocycles. The molecular weight excluding hydrogens is 318 g/mol. The van der Waals surface area contributed by atoms with Crippen molar-refractivity contribution >= 4 is 11.9 Å². The maximum atomic E-state index is 12.0. The third kappa shape index (κ3) is 4.82. The molecule has 25 heavy (non-hydrogen) atoms. The maximum absolute atomic E-state index is 12.0. The molecule has 0 saturated carbocycles. The highest BCUT2D eigenvalue weighted by Crippen LogP contribution is 2.32. The fourth-order valence-electron chi connectivity index (χ4n) is 3.07. The lowest BCUT2D eigenvalue weighted by molar-refractivity contribution is -0.204. The number of nitrogens with zero attached hydrogens (tertiary/aromatic N) is 1. The molecule has 2 rings (SSSR count). The summed E-state index contributed by atoms with van der Waals surface area (Å²) in [4.78, 5) is 29.2. The van der Waals surface area contributed by atoms with Crippen LogP contribution in [-0.4, -0.2) is 37.2 Å². The average molecular weight is 347 g/mol. The number of carbonyl (C=O) groups is 2. The van der Waals surface area contributed by atoms with Gasteiger partial charge in [0.25, 0.3) is 0 Å². The highest BCUT2D eigenvalue weighted by atomic mass is 16.7. The third-order valence-corrected chi connectivity index (χ3v) is 4.66. The van der Waals surface area contributed by atoms with E-state index in [1.165, 1.54) is 18.2 Å². The largest absolute Gasteiger partial charge is 0.465 e. The third-order valence-electron chi connectivity index (χ3n) is 4.66. The molecule has 5 nitrogen and oxygen atoms in total. The lowest BCUT2D eigenvalue weighted by Crippen LogP contribution is -2.38. The molecular formula is C20H29NO4. The number of esters is 1. The van der Waals surface area contributed by atoms with E-state index in [2.05, 4.69) is 6.92 Å². The molecule has 0 bridgehead atoms. The van der Waals surface area contributed by atoms with E-state index in [9.17, 15) is 9.59 Å². The minimum atomic E-state index is -0.490. The number of benzene rings is 1. The molecule has 1 aromatic rings. The molecule has 1 aliphatic rings. The molecule has 1 saturated heterocycles. The standard InChI is InChI=1S/C20H29NO4/c1-6-14-13-16(18(22)24-5)7-8-17(14)15-9-11-21(12-10-15)25-19(23)20(2,3)4/h7-8,13,15H,6,9-12H2,1-5H3. The van der Waals surface area contributed by atoms with E-state index < -0.39 is 5.41 Å². The first kappa shape index (κ1) is 19.4. The Morgan fingerprint density at radius 3 is 2.36 bits per heavy atom. The minimum Gasteiger partial charge on any atom is -0.465 e. The van der Waals surface area contributed by atoms with Gasteiger partial charge in [-0.1, -0.05) is 13.0 Å². The molecule has 0 atom stereocenters. The number of hydroxylamine groups is 2. The van der Waals surface area contributed by atoms with Crippen LogP contribution in [-0.2, 0) is 20.8 Å². The molecule has 138 valence electrons. The highest BCUT2D eigenvalue weighted by molar-refractivity contribution is 5.89. The average Bonchev–Trinajstić information content (AvgIpc) is 2.60. The summed E-state index contributed by atoms with van der Waals surface area (Å²) < 4.78 is 4.81. The topological polar surface area (TPSA) is 55.8 Å². The number of hydrogen-bond donors (Lipinski definition) is 0. The van der Waals surface area contributed by atoms with Gasteiger partial charge in [-0.3, -0.25) is 0 Å². The normalized spacial score (nSPS) is 16.5. The quantitative estimate of drug-likeness (QED) is 0.777. The van der Waals surface area contributed by atoms with Crippen molar-refractivity contribution < 1.29 is 19.2 Å². The zero-order chi connectivity index (χ0) is 18.6. The first-order chi connectivity index (χ1) is 11.8. The van der Waals surface area contributed by atoms with Crippen LogP contribution in [0, 0.1) is 5.41 Å². The van der Waals surface area contributed by atoms with Gasteiger partial charge >= 0.3 is 11.9 Å². The first-order valence-corrected chi connectivity index (χ1v) is 8.94. The second-order valence-electron chi connectivity index (χ2n) is 7.59. The van der Waals surface area contributed by atoms with Crippen LogP contribution >= 0.6 is 0 Å². The van der Waals surface area contributed by atoms with E-state index in [-0.39, 0.29) is 11.9 Å². The fraction of sp³-hybridized carbons (Fsp3) is 0.600. The van der Waals surface area contributed by atoms with Crippen molar-refractivity contribution in [3.63, 3.8) is 0 Å². The van der Waals surface area contributed by atoms with Crippen LogP contribution in [0.15, 0.2) is 18.2 Å². The van der Waals surface area contributed by atoms with Crippen LogP contribution in [0.2, 0.25) is 0 Å². The molecule has 5 heteroatoms. The zero-order valence-electron chi connectivity index (χ0n) is 15.9. The molecule has 0 aromatic heterocycles. The summed E-state index contributed by atoms with van der Waals surface area (Å²) in [5.74, 6) is -0.0703. The van der Waals surface area contributed by atoms with E-state index >= 15 is 0 Å². The number of methoxy groups -OCH3 is 1. The van der Waals surface area contributed by atoms with Crippen molar-refractivity contribution in [2.45, 2.75) is 52.9 Å². The molecule has 1 heterocycles. The van der Waals surface area contributed by atoms with Gasteiger partial charge in [-0.2, -0.15) is 0 Å². The Morgan fingerprint density at radius 2 is 1.84 bits per heavy atom. The van der Waals surface area contributed by atoms with Crippen molar-refractivity contribution in [3.8, 4) is 0 Å². The molecule has 1 aliphatic heterocycles. The number of rotatable bonds is 4. The lowest BCUT2D eigenvalue weighted by atomic mass is 9.85. The summed E-state index contributed by atoms with van der Waals surface area (Å²) in [7, 11) is 1.40. The summed E-state index contributed by atoms with van der Waals surface area (Å²) in [6, 6.07) is 5.83. The Hall–Kier alpha value is -1.88. The summed E-state index contributed by atoms with van der Waals surface area (Å²) in [6.45, 7) is 9.14. The number of hydrogen-bond acceptors (Lipinski definition) is 5. The van der Waals surface area contributed by atoms with E-state index in [4.69, 9.17) is 9.57 Å². The number of aryl methyl sites for hydroxylation is 1. The van der Waals surface area contributed by atoms with Crippen LogP contribution < -0.4 is 0 Å². The van der Waals surface area contributed by atoms with E-state index in [1.807, 2.05) is 39.0 Å². The summed E-state index contributed by atoms with van der Waals surface area (Å²) >= 11 is 0. The minimum absolute atomic E-state index is 0.192. The maximum Gasteiger partial charge on any atom is 0.337 e. The van der Waals surface area contributed by atoms with Gasteiger partial charge in [-0.15, -0.1) is 5.06 Å². The van der Waals surface area contributed by atoms with Gasteiger partial charge in [0.2, 0.25) is 0 Å². The Bertz CT molecular complexity index is 625. The molecule has 0 unspecified atom stereocenters. The Kier molecular flexibility index (Phi) is 6.22. The van der Waals surface area contributed by atoms with Gasteiger partial charge in [0.1, 0.15) is 0 Å². The van der Waals surface area contributed by atoms with Crippen LogP contribution in [0.4, 0.5) is 0 Å². The number of piperidine rings is 1. The van der Waals surface area contributed by atoms with Crippen molar-refractivity contribution in [2.24, 2.45) is 5.41 Å². The Labute approximate surface area is 150 Å². The second kappa shape index (κ2) is 8.00. The van der Waals surface area contributed by atoms with Gasteiger partial charge in [0.15, 0.2) is 0 Å². The molecule has 0 spiro atoms. The Morgan fingerprint density at radius 1 is 1.20 bits per heavy atom. The molecule has 1 fully saturated rings. The van der Waals surface area contributed by atoms with Gasteiger partial charge < -0.3 is 9.57 Å². The lowest BCUT2D eigenvalue weighted by Gasteiger charge is -2.33. The molecule has 0 aliphatic carbocycles. The van der Waals surface area contributed by atoms with Crippen molar-refractivity contribution in [1.82, 2.24) is 5.06 Å². The SMILES string of the molecule is CCc1cc(C(=O)OC)ccc1C1CCN(OC(=O)C(C)(C)C)CC1. The molecule has 0 N–H and O–H groups in total. The summed E-state index contributed by atoms with van der Waals surface area (Å²) in [6.07, 6.45) is 2.74. The zero-order valence-corrected chi connectivity index (χ0v) is 15.9. The van der Waals surface area contributed by atoms with Gasteiger partial charge in [-0.25, -0.2) is 9.59 Å². The van der Waals surface area contributed by atoms with Crippen molar-refractivity contribution in [3.05, 3.63) is 34.9 Å². The smallest absolute Gasteiger partial charge is 0.337 e. The first-order valence-electron chi connectivity index (χ1n) is 8.94.